The topological polar surface area (TPSA) is 81.1 Å². The standard InChI is InChI=1S/C15H22N2O4/c1-16(10-6-3-7-11-18)15(21)17(12-14(19)20)13-8-4-2-5-9-13/h2,4-5,8-9,18H,3,6-7,10-12H2,1H3,(H,19,20). The van der Waals surface area contributed by atoms with Gasteiger partial charge in [-0.15, -0.1) is 0 Å². The number of carboxylic acid groups (broad SMARTS) is 1. The Hall–Kier alpha value is -2.08. The van der Waals surface area contributed by atoms with E-state index in [0.717, 1.165) is 12.8 Å². The molecule has 0 radical (unpaired) electrons. The van der Waals surface area contributed by atoms with E-state index in [9.17, 15) is 9.59 Å². The molecule has 0 spiro atoms. The second kappa shape index (κ2) is 8.97. The summed E-state index contributed by atoms with van der Waals surface area (Å²) in [5.74, 6) is -1.05. The molecule has 0 heterocycles. The third-order valence-electron chi connectivity index (χ3n) is 3.07. The molecular formula is C15H22N2O4. The Kier molecular flexibility index (Phi) is 7.25. The van der Waals surface area contributed by atoms with Crippen LogP contribution in [0, 0.1) is 0 Å². The van der Waals surface area contributed by atoms with Gasteiger partial charge in [-0.1, -0.05) is 18.2 Å². The molecule has 1 aromatic rings. The minimum Gasteiger partial charge on any atom is -0.480 e. The molecule has 0 saturated carbocycles. The smallest absolute Gasteiger partial charge is 0.324 e. The van der Waals surface area contributed by atoms with E-state index < -0.39 is 5.97 Å². The lowest BCUT2D eigenvalue weighted by Crippen LogP contribution is -2.44. The molecular weight excluding hydrogens is 272 g/mol. The fourth-order valence-corrected chi connectivity index (χ4v) is 1.95. The molecule has 0 unspecified atom stereocenters. The number of nitrogens with zero attached hydrogens (tertiary/aromatic N) is 2. The summed E-state index contributed by atoms with van der Waals surface area (Å²) in [4.78, 5) is 26.1. The predicted molar refractivity (Wildman–Crippen MR) is 80.4 cm³/mol. The van der Waals surface area contributed by atoms with E-state index in [0.29, 0.717) is 18.7 Å². The number of anilines is 1. The minimum atomic E-state index is -1.05. The number of unbranched alkanes of at least 4 members (excludes halogenated alkanes) is 2. The molecule has 0 aliphatic heterocycles. The van der Waals surface area contributed by atoms with Crippen molar-refractivity contribution in [1.82, 2.24) is 4.90 Å². The summed E-state index contributed by atoms with van der Waals surface area (Å²) in [6.45, 7) is 0.304. The van der Waals surface area contributed by atoms with Gasteiger partial charge in [0.05, 0.1) is 0 Å². The zero-order valence-electron chi connectivity index (χ0n) is 12.2. The number of aliphatic carboxylic acids is 1. The summed E-state index contributed by atoms with van der Waals surface area (Å²) < 4.78 is 0. The molecule has 116 valence electrons. The van der Waals surface area contributed by atoms with Crippen molar-refractivity contribution in [2.24, 2.45) is 0 Å². The number of carboxylic acids is 1. The van der Waals surface area contributed by atoms with E-state index in [1.165, 1.54) is 9.80 Å². The van der Waals surface area contributed by atoms with Crippen LogP contribution in [0.15, 0.2) is 30.3 Å². The van der Waals surface area contributed by atoms with Crippen molar-refractivity contribution in [1.29, 1.82) is 0 Å². The molecule has 0 aliphatic carbocycles. The van der Waals surface area contributed by atoms with Gasteiger partial charge in [0.15, 0.2) is 0 Å². The maximum atomic E-state index is 12.4. The Balaban J connectivity index is 2.69. The number of aliphatic hydroxyl groups excluding tert-OH is 1. The van der Waals surface area contributed by atoms with Crippen molar-refractivity contribution < 1.29 is 19.8 Å². The zero-order valence-corrected chi connectivity index (χ0v) is 12.2. The van der Waals surface area contributed by atoms with Crippen LogP contribution in [0.5, 0.6) is 0 Å². The number of urea groups is 1. The van der Waals surface area contributed by atoms with Crippen molar-refractivity contribution in [2.75, 3.05) is 31.6 Å². The number of rotatable bonds is 8. The van der Waals surface area contributed by atoms with E-state index in [-0.39, 0.29) is 19.2 Å². The Morgan fingerprint density at radius 1 is 1.10 bits per heavy atom. The van der Waals surface area contributed by atoms with Gasteiger partial charge < -0.3 is 15.1 Å². The first-order valence-corrected chi connectivity index (χ1v) is 6.96. The number of hydrogen-bond acceptors (Lipinski definition) is 3. The van der Waals surface area contributed by atoms with Crippen molar-refractivity contribution >= 4 is 17.7 Å². The molecule has 0 saturated heterocycles. The average molecular weight is 294 g/mol. The summed E-state index contributed by atoms with van der Waals surface area (Å²) in [6, 6.07) is 8.41. The van der Waals surface area contributed by atoms with E-state index in [1.54, 1.807) is 31.3 Å². The molecule has 1 aromatic carbocycles. The second-order valence-corrected chi connectivity index (χ2v) is 4.80. The Bertz CT molecular complexity index is 450. The molecule has 6 heteroatoms. The highest BCUT2D eigenvalue weighted by molar-refractivity contribution is 5.96. The van der Waals surface area contributed by atoms with Crippen LogP contribution in [-0.4, -0.2) is 53.9 Å². The van der Waals surface area contributed by atoms with Crippen molar-refractivity contribution in [3.63, 3.8) is 0 Å². The van der Waals surface area contributed by atoms with Crippen molar-refractivity contribution in [3.8, 4) is 0 Å². The normalized spacial score (nSPS) is 10.2. The number of carbonyl (C=O) groups excluding carboxylic acids is 1. The van der Waals surface area contributed by atoms with Crippen molar-refractivity contribution in [2.45, 2.75) is 19.3 Å². The van der Waals surface area contributed by atoms with Gasteiger partial charge >= 0.3 is 12.0 Å². The van der Waals surface area contributed by atoms with E-state index in [2.05, 4.69) is 0 Å². The molecule has 21 heavy (non-hydrogen) atoms. The number of aliphatic hydroxyl groups is 1. The van der Waals surface area contributed by atoms with E-state index >= 15 is 0 Å². The van der Waals surface area contributed by atoms with E-state index in [4.69, 9.17) is 10.2 Å². The number of para-hydroxylation sites is 1. The summed E-state index contributed by atoms with van der Waals surface area (Å²) in [6.07, 6.45) is 2.32. The van der Waals surface area contributed by atoms with Gasteiger partial charge in [-0.2, -0.15) is 0 Å². The van der Waals surface area contributed by atoms with Crippen LogP contribution in [0.1, 0.15) is 19.3 Å². The minimum absolute atomic E-state index is 0.146. The molecule has 2 N–H and O–H groups in total. The number of carbonyl (C=O) groups is 2. The Morgan fingerprint density at radius 2 is 1.76 bits per heavy atom. The van der Waals surface area contributed by atoms with Crippen LogP contribution in [0.25, 0.3) is 0 Å². The highest BCUT2D eigenvalue weighted by atomic mass is 16.4. The third-order valence-corrected chi connectivity index (χ3v) is 3.07. The second-order valence-electron chi connectivity index (χ2n) is 4.80. The Labute approximate surface area is 124 Å². The third kappa shape index (κ3) is 5.83. The van der Waals surface area contributed by atoms with Crippen molar-refractivity contribution in [3.05, 3.63) is 30.3 Å². The van der Waals surface area contributed by atoms with Crippen LogP contribution >= 0.6 is 0 Å². The monoisotopic (exact) mass is 294 g/mol. The average Bonchev–Trinajstić information content (AvgIpc) is 2.49. The molecule has 1 rings (SSSR count). The first kappa shape index (κ1) is 17.0. The van der Waals surface area contributed by atoms with Gasteiger partial charge in [-0.25, -0.2) is 4.79 Å². The zero-order chi connectivity index (χ0) is 15.7. The van der Waals surface area contributed by atoms with Crippen LogP contribution < -0.4 is 4.90 Å². The molecule has 6 nitrogen and oxygen atoms in total. The number of amides is 2. The van der Waals surface area contributed by atoms with Gasteiger partial charge in [0, 0.05) is 25.9 Å². The number of benzene rings is 1. The van der Waals surface area contributed by atoms with Gasteiger partial charge in [0.1, 0.15) is 6.54 Å². The fourth-order valence-electron chi connectivity index (χ4n) is 1.95. The van der Waals surface area contributed by atoms with Gasteiger partial charge in [0.2, 0.25) is 0 Å². The first-order chi connectivity index (χ1) is 10.1. The maximum Gasteiger partial charge on any atom is 0.324 e. The maximum absolute atomic E-state index is 12.4. The van der Waals surface area contributed by atoms with Gasteiger partial charge in [0.25, 0.3) is 0 Å². The fraction of sp³-hybridized carbons (Fsp3) is 0.467. The quantitative estimate of drug-likeness (QED) is 0.716. The van der Waals surface area contributed by atoms with Crippen LogP contribution in [-0.2, 0) is 4.79 Å². The molecule has 0 fully saturated rings. The van der Waals surface area contributed by atoms with Gasteiger partial charge in [-0.3, -0.25) is 9.69 Å². The first-order valence-electron chi connectivity index (χ1n) is 6.96. The highest BCUT2D eigenvalue weighted by Gasteiger charge is 2.21. The molecule has 0 atom stereocenters. The summed E-state index contributed by atoms with van der Waals surface area (Å²) in [7, 11) is 1.65. The van der Waals surface area contributed by atoms with Gasteiger partial charge in [-0.05, 0) is 31.4 Å². The lowest BCUT2D eigenvalue weighted by atomic mass is 10.2. The summed E-state index contributed by atoms with van der Waals surface area (Å²) in [5, 5.41) is 17.7. The van der Waals surface area contributed by atoms with Crippen LogP contribution in [0.4, 0.5) is 10.5 Å². The highest BCUT2D eigenvalue weighted by Crippen LogP contribution is 2.15. The lowest BCUT2D eigenvalue weighted by Gasteiger charge is -2.27. The van der Waals surface area contributed by atoms with Crippen LogP contribution in [0.3, 0.4) is 0 Å². The largest absolute Gasteiger partial charge is 0.480 e. The number of hydrogen-bond donors (Lipinski definition) is 2. The molecule has 0 aliphatic rings. The summed E-state index contributed by atoms with van der Waals surface area (Å²) >= 11 is 0. The van der Waals surface area contributed by atoms with Crippen LogP contribution in [0.2, 0.25) is 0 Å². The van der Waals surface area contributed by atoms with E-state index in [1.807, 2.05) is 6.07 Å². The summed E-state index contributed by atoms with van der Waals surface area (Å²) in [5.41, 5.74) is 0.562. The molecule has 2 amide bonds. The molecule has 0 aromatic heterocycles. The lowest BCUT2D eigenvalue weighted by molar-refractivity contribution is -0.135. The predicted octanol–water partition coefficient (Wildman–Crippen LogP) is 1.79. The Morgan fingerprint density at radius 3 is 2.33 bits per heavy atom. The SMILES string of the molecule is CN(CCCCCO)C(=O)N(CC(=O)O)c1ccccc1. The molecule has 0 bridgehead atoms.